The Balaban J connectivity index is 1.76. The lowest BCUT2D eigenvalue weighted by molar-refractivity contribution is -0.118. The highest BCUT2D eigenvalue weighted by atomic mass is 35.5. The normalized spacial score (nSPS) is 15.7. The molecule has 1 N–H and O–H groups in total. The lowest BCUT2D eigenvalue weighted by atomic mass is 9.88. The monoisotopic (exact) mass is 455 g/mol. The number of ether oxygens (including phenoxy) is 2. The van der Waals surface area contributed by atoms with E-state index in [0.29, 0.717) is 32.3 Å². The number of hydrogen-bond acceptors (Lipinski definition) is 5. The van der Waals surface area contributed by atoms with Gasteiger partial charge in [0.15, 0.2) is 6.61 Å². The minimum absolute atomic E-state index is 0.237. The Labute approximate surface area is 184 Å². The van der Waals surface area contributed by atoms with E-state index >= 15 is 0 Å². The molecule has 0 fully saturated rings. The highest BCUT2D eigenvalue weighted by Crippen LogP contribution is 2.40. The number of thiophene rings is 1. The molecule has 0 aliphatic heterocycles. The standard InChI is InChI=1S/C21H23Cl2NO4S/c1-11(2)28-21(26)19-14-6-4-12(3)8-17(14)29-20(19)24-18(25)10-27-16-7-5-13(22)9-15(16)23/h5,7,9,11-12H,4,6,8,10H2,1-3H3,(H,24,25). The molecule has 29 heavy (non-hydrogen) atoms. The highest BCUT2D eigenvalue weighted by Gasteiger charge is 2.29. The van der Waals surface area contributed by atoms with Gasteiger partial charge in [-0.1, -0.05) is 30.1 Å². The summed E-state index contributed by atoms with van der Waals surface area (Å²) in [6.45, 7) is 5.57. The summed E-state index contributed by atoms with van der Waals surface area (Å²) >= 11 is 13.4. The molecule has 0 radical (unpaired) electrons. The summed E-state index contributed by atoms with van der Waals surface area (Å²) in [4.78, 5) is 26.3. The summed E-state index contributed by atoms with van der Waals surface area (Å²) in [5.74, 6) is 0.143. The number of anilines is 1. The minimum atomic E-state index is -0.399. The quantitative estimate of drug-likeness (QED) is 0.561. The minimum Gasteiger partial charge on any atom is -0.482 e. The lowest BCUT2D eigenvalue weighted by Gasteiger charge is -2.18. The number of nitrogens with one attached hydrogen (secondary N) is 1. The molecule has 1 unspecified atom stereocenters. The largest absolute Gasteiger partial charge is 0.482 e. The topological polar surface area (TPSA) is 64.6 Å². The molecule has 1 aromatic heterocycles. The molecule has 1 aliphatic rings. The first-order chi connectivity index (χ1) is 13.7. The van der Waals surface area contributed by atoms with E-state index in [1.165, 1.54) is 11.3 Å². The van der Waals surface area contributed by atoms with Crippen LogP contribution in [-0.4, -0.2) is 24.6 Å². The van der Waals surface area contributed by atoms with Gasteiger partial charge >= 0.3 is 5.97 Å². The Hall–Kier alpha value is -1.76. The molecule has 0 saturated heterocycles. The summed E-state index contributed by atoms with van der Waals surface area (Å²) in [6, 6.07) is 4.79. The fraction of sp³-hybridized carbons (Fsp3) is 0.429. The third-order valence-electron chi connectivity index (χ3n) is 4.56. The molecule has 3 rings (SSSR count). The summed E-state index contributed by atoms with van der Waals surface area (Å²) in [5.41, 5.74) is 1.47. The van der Waals surface area contributed by atoms with Crippen LogP contribution in [0.4, 0.5) is 5.00 Å². The fourth-order valence-electron chi connectivity index (χ4n) is 3.23. The maximum Gasteiger partial charge on any atom is 0.341 e. The van der Waals surface area contributed by atoms with Gasteiger partial charge < -0.3 is 14.8 Å². The molecule has 0 spiro atoms. The first kappa shape index (κ1) is 21.9. The Morgan fingerprint density at radius 1 is 1.31 bits per heavy atom. The number of rotatable bonds is 6. The van der Waals surface area contributed by atoms with E-state index in [1.54, 1.807) is 32.0 Å². The van der Waals surface area contributed by atoms with Gasteiger partial charge in [-0.05, 0) is 62.8 Å². The molecule has 5 nitrogen and oxygen atoms in total. The van der Waals surface area contributed by atoms with Crippen molar-refractivity contribution in [2.45, 2.75) is 46.1 Å². The van der Waals surface area contributed by atoms with Crippen molar-refractivity contribution in [3.05, 3.63) is 44.2 Å². The predicted octanol–water partition coefficient (Wildman–Crippen LogP) is 5.76. The predicted molar refractivity (Wildman–Crippen MR) is 117 cm³/mol. The zero-order chi connectivity index (χ0) is 21.1. The Morgan fingerprint density at radius 3 is 2.76 bits per heavy atom. The Bertz CT molecular complexity index is 926. The number of esters is 1. The molecular weight excluding hydrogens is 433 g/mol. The summed E-state index contributed by atoms with van der Waals surface area (Å²) in [6.07, 6.45) is 2.48. The van der Waals surface area contributed by atoms with Gasteiger partial charge in [0.05, 0.1) is 16.7 Å². The number of benzene rings is 1. The van der Waals surface area contributed by atoms with E-state index in [0.717, 1.165) is 29.7 Å². The molecule has 0 bridgehead atoms. The second-order valence-corrected chi connectivity index (χ2v) is 9.37. The molecule has 1 aliphatic carbocycles. The van der Waals surface area contributed by atoms with Gasteiger partial charge in [-0.25, -0.2) is 4.79 Å². The number of carbonyl (C=O) groups is 2. The number of halogens is 2. The molecule has 1 atom stereocenters. The van der Waals surface area contributed by atoms with Crippen LogP contribution in [-0.2, 0) is 22.4 Å². The van der Waals surface area contributed by atoms with Gasteiger partial charge in [-0.3, -0.25) is 4.79 Å². The van der Waals surface area contributed by atoms with Gasteiger partial charge in [0.25, 0.3) is 5.91 Å². The van der Waals surface area contributed by atoms with Crippen LogP contribution in [0.15, 0.2) is 18.2 Å². The zero-order valence-electron chi connectivity index (χ0n) is 16.5. The Kier molecular flexibility index (Phi) is 7.09. The van der Waals surface area contributed by atoms with E-state index in [-0.39, 0.29) is 18.6 Å². The molecule has 8 heteroatoms. The van der Waals surface area contributed by atoms with E-state index in [2.05, 4.69) is 12.2 Å². The molecule has 1 aromatic carbocycles. The van der Waals surface area contributed by atoms with Crippen LogP contribution in [0, 0.1) is 5.92 Å². The van der Waals surface area contributed by atoms with Crippen molar-refractivity contribution >= 4 is 51.4 Å². The second kappa shape index (κ2) is 9.37. The third kappa shape index (κ3) is 5.44. The van der Waals surface area contributed by atoms with Gasteiger partial charge in [0.2, 0.25) is 0 Å². The van der Waals surface area contributed by atoms with E-state index in [4.69, 9.17) is 32.7 Å². The average Bonchev–Trinajstić information content (AvgIpc) is 2.97. The average molecular weight is 456 g/mol. The summed E-state index contributed by atoms with van der Waals surface area (Å²) in [7, 11) is 0. The Morgan fingerprint density at radius 2 is 2.07 bits per heavy atom. The van der Waals surface area contributed by atoms with E-state index in [1.807, 2.05) is 0 Å². The maximum absolute atomic E-state index is 12.7. The number of amides is 1. The van der Waals surface area contributed by atoms with E-state index < -0.39 is 5.97 Å². The van der Waals surface area contributed by atoms with Crippen LogP contribution in [0.5, 0.6) is 5.75 Å². The van der Waals surface area contributed by atoms with Gasteiger partial charge in [0.1, 0.15) is 10.8 Å². The maximum atomic E-state index is 12.7. The number of carbonyl (C=O) groups excluding carboxylic acids is 2. The van der Waals surface area contributed by atoms with Crippen molar-refractivity contribution in [3.8, 4) is 5.75 Å². The van der Waals surface area contributed by atoms with E-state index in [9.17, 15) is 9.59 Å². The van der Waals surface area contributed by atoms with Crippen LogP contribution >= 0.6 is 34.5 Å². The van der Waals surface area contributed by atoms with Gasteiger partial charge in [-0.15, -0.1) is 11.3 Å². The lowest BCUT2D eigenvalue weighted by Crippen LogP contribution is -2.22. The van der Waals surface area contributed by atoms with Crippen molar-refractivity contribution in [2.75, 3.05) is 11.9 Å². The molecular formula is C21H23Cl2NO4S. The van der Waals surface area contributed by atoms with Gasteiger partial charge in [-0.2, -0.15) is 0 Å². The smallest absolute Gasteiger partial charge is 0.341 e. The van der Waals surface area contributed by atoms with Crippen LogP contribution in [0.2, 0.25) is 10.0 Å². The van der Waals surface area contributed by atoms with Crippen molar-refractivity contribution in [1.82, 2.24) is 0 Å². The highest BCUT2D eigenvalue weighted by molar-refractivity contribution is 7.17. The summed E-state index contributed by atoms with van der Waals surface area (Å²) in [5, 5.41) is 4.15. The molecule has 156 valence electrons. The van der Waals surface area contributed by atoms with Crippen molar-refractivity contribution in [2.24, 2.45) is 5.92 Å². The van der Waals surface area contributed by atoms with Gasteiger partial charge in [0, 0.05) is 9.90 Å². The third-order valence-corrected chi connectivity index (χ3v) is 6.26. The molecule has 1 heterocycles. The summed E-state index contributed by atoms with van der Waals surface area (Å²) < 4.78 is 10.9. The van der Waals surface area contributed by atoms with Crippen LogP contribution in [0.25, 0.3) is 0 Å². The van der Waals surface area contributed by atoms with Crippen molar-refractivity contribution in [1.29, 1.82) is 0 Å². The molecule has 0 saturated carbocycles. The fourth-order valence-corrected chi connectivity index (χ4v) is 5.10. The molecule has 2 aromatic rings. The number of hydrogen-bond donors (Lipinski definition) is 1. The zero-order valence-corrected chi connectivity index (χ0v) is 18.8. The number of fused-ring (bicyclic) bond motifs is 1. The second-order valence-electron chi connectivity index (χ2n) is 7.42. The van der Waals surface area contributed by atoms with Crippen LogP contribution < -0.4 is 10.1 Å². The van der Waals surface area contributed by atoms with Crippen LogP contribution in [0.1, 0.15) is 48.0 Å². The first-order valence-electron chi connectivity index (χ1n) is 9.47. The SMILES string of the molecule is CC1CCc2c(sc(NC(=O)COc3ccc(Cl)cc3Cl)c2C(=O)OC(C)C)C1. The first-order valence-corrected chi connectivity index (χ1v) is 11.0. The molecule has 1 amide bonds. The van der Waals surface area contributed by atoms with Crippen LogP contribution in [0.3, 0.4) is 0 Å². The van der Waals surface area contributed by atoms with Crippen molar-refractivity contribution in [3.63, 3.8) is 0 Å². The van der Waals surface area contributed by atoms with Crippen molar-refractivity contribution < 1.29 is 19.1 Å².